The third-order valence-electron chi connectivity index (χ3n) is 4.75. The molecule has 1 aromatic heterocycles. The van der Waals surface area contributed by atoms with E-state index in [1.165, 1.54) is 24.6 Å². The van der Waals surface area contributed by atoms with Gasteiger partial charge in [-0.15, -0.1) is 5.10 Å². The molecule has 1 N–H and O–H groups in total. The number of hydrogen-bond acceptors (Lipinski definition) is 6. The summed E-state index contributed by atoms with van der Waals surface area (Å²) < 4.78 is 7.69. The van der Waals surface area contributed by atoms with Crippen molar-refractivity contribution < 1.29 is 9.53 Å². The van der Waals surface area contributed by atoms with Crippen LogP contribution in [0.15, 0.2) is 35.5 Å². The van der Waals surface area contributed by atoms with Crippen molar-refractivity contribution in [1.29, 1.82) is 0 Å². The van der Waals surface area contributed by atoms with Crippen molar-refractivity contribution in [2.24, 2.45) is 0 Å². The fraction of sp³-hybridized carbons (Fsp3) is 0.579. The Labute approximate surface area is 164 Å². The van der Waals surface area contributed by atoms with E-state index in [4.69, 9.17) is 4.74 Å². The van der Waals surface area contributed by atoms with Gasteiger partial charge in [-0.25, -0.2) is 4.68 Å². The molecule has 0 aliphatic heterocycles. The Balaban J connectivity index is 1.30. The zero-order valence-corrected chi connectivity index (χ0v) is 16.5. The first-order valence-corrected chi connectivity index (χ1v) is 10.6. The number of hydrogen-bond donors (Lipinski definition) is 1. The lowest BCUT2D eigenvalue weighted by Gasteiger charge is -2.13. The third-order valence-corrected chi connectivity index (χ3v) is 5.68. The zero-order chi connectivity index (χ0) is 18.9. The van der Waals surface area contributed by atoms with Gasteiger partial charge >= 0.3 is 0 Å². The van der Waals surface area contributed by atoms with E-state index in [1.54, 1.807) is 0 Å². The Morgan fingerprint density at radius 3 is 2.89 bits per heavy atom. The molecule has 1 saturated carbocycles. The monoisotopic (exact) mass is 389 g/mol. The van der Waals surface area contributed by atoms with Crippen LogP contribution < -0.4 is 5.32 Å². The second-order valence-corrected chi connectivity index (χ2v) is 7.70. The van der Waals surface area contributed by atoms with E-state index in [2.05, 4.69) is 33.0 Å². The minimum Gasteiger partial charge on any atom is -0.374 e. The number of benzene rings is 1. The lowest BCUT2D eigenvalue weighted by molar-refractivity contribution is -0.118. The maximum Gasteiger partial charge on any atom is 0.230 e. The van der Waals surface area contributed by atoms with Crippen LogP contribution >= 0.6 is 11.8 Å². The molecule has 1 fully saturated rings. The van der Waals surface area contributed by atoms with Crippen LogP contribution in [0.2, 0.25) is 0 Å². The maximum absolute atomic E-state index is 12.0. The second kappa shape index (κ2) is 10.4. The molecule has 1 amide bonds. The lowest BCUT2D eigenvalue weighted by atomic mass is 10.1. The number of rotatable bonds is 10. The van der Waals surface area contributed by atoms with E-state index in [0.717, 1.165) is 30.0 Å². The van der Waals surface area contributed by atoms with Crippen LogP contribution in [-0.2, 0) is 9.53 Å². The van der Waals surface area contributed by atoms with Crippen LogP contribution in [0.1, 0.15) is 56.7 Å². The van der Waals surface area contributed by atoms with Crippen LogP contribution in [0.3, 0.4) is 0 Å². The fourth-order valence-corrected chi connectivity index (χ4v) is 3.99. The summed E-state index contributed by atoms with van der Waals surface area (Å²) in [7, 11) is 0. The van der Waals surface area contributed by atoms with Crippen LogP contribution in [-0.4, -0.2) is 45.0 Å². The van der Waals surface area contributed by atoms with E-state index in [-0.39, 0.29) is 12.0 Å². The molecule has 27 heavy (non-hydrogen) atoms. The van der Waals surface area contributed by atoms with Crippen molar-refractivity contribution >= 4 is 17.7 Å². The van der Waals surface area contributed by atoms with E-state index >= 15 is 0 Å². The van der Waals surface area contributed by atoms with Crippen LogP contribution in [0.5, 0.6) is 0 Å². The topological polar surface area (TPSA) is 81.9 Å². The quantitative estimate of drug-likeness (QED) is 0.496. The van der Waals surface area contributed by atoms with E-state index in [1.807, 2.05) is 29.8 Å². The summed E-state index contributed by atoms with van der Waals surface area (Å²) in [5.74, 6) is 0.325. The first-order valence-electron chi connectivity index (χ1n) is 9.58. The highest BCUT2D eigenvalue weighted by atomic mass is 32.2. The van der Waals surface area contributed by atoms with Crippen molar-refractivity contribution in [2.45, 2.75) is 56.3 Å². The minimum absolute atomic E-state index is 0.00270. The summed E-state index contributed by atoms with van der Waals surface area (Å²) >= 11 is 1.40. The molecule has 0 bridgehead atoms. The summed E-state index contributed by atoms with van der Waals surface area (Å²) in [5, 5.41) is 15.6. The Hall–Kier alpha value is -1.93. The summed E-state index contributed by atoms with van der Waals surface area (Å²) in [4.78, 5) is 12.0. The molecule has 2 aromatic rings. The number of nitrogens with one attached hydrogen (secondary N) is 1. The predicted octanol–water partition coefficient (Wildman–Crippen LogP) is 3.16. The van der Waals surface area contributed by atoms with E-state index in [9.17, 15) is 4.79 Å². The number of carbonyl (C=O) groups excluding carboxylic acids is 1. The first kappa shape index (κ1) is 19.8. The zero-order valence-electron chi connectivity index (χ0n) is 15.7. The standard InChI is InChI=1S/C19H27N5O2S/c1-15(16-8-3-2-4-9-16)26-13-7-12-20-18(25)14-27-19-21-22-23-24(19)17-10-5-6-11-17/h2-4,8-9,15,17H,5-7,10-14H2,1H3,(H,20,25). The molecule has 1 heterocycles. The molecule has 3 rings (SSSR count). The second-order valence-electron chi connectivity index (χ2n) is 6.76. The Morgan fingerprint density at radius 2 is 2.11 bits per heavy atom. The van der Waals surface area contributed by atoms with Crippen LogP contribution in [0.4, 0.5) is 0 Å². The van der Waals surface area contributed by atoms with Gasteiger partial charge in [0.1, 0.15) is 0 Å². The van der Waals surface area contributed by atoms with Crippen molar-refractivity contribution in [3.63, 3.8) is 0 Å². The average molecular weight is 390 g/mol. The number of thioether (sulfide) groups is 1. The molecule has 1 aliphatic carbocycles. The molecule has 1 aliphatic rings. The lowest BCUT2D eigenvalue weighted by Crippen LogP contribution is -2.27. The molecule has 1 atom stereocenters. The van der Waals surface area contributed by atoms with Gasteiger partial charge in [0.15, 0.2) is 0 Å². The van der Waals surface area contributed by atoms with Gasteiger partial charge in [0.05, 0.1) is 17.9 Å². The normalized spacial score (nSPS) is 15.7. The Bertz CT molecular complexity index is 703. The molecule has 7 nitrogen and oxygen atoms in total. The number of amides is 1. The van der Waals surface area contributed by atoms with Gasteiger partial charge in [-0.3, -0.25) is 4.79 Å². The van der Waals surface area contributed by atoms with Gasteiger partial charge in [0, 0.05) is 13.2 Å². The fourth-order valence-electron chi connectivity index (χ4n) is 3.22. The van der Waals surface area contributed by atoms with Crippen molar-refractivity contribution in [3.8, 4) is 0 Å². The largest absolute Gasteiger partial charge is 0.374 e. The minimum atomic E-state index is -0.00270. The summed E-state index contributed by atoms with van der Waals surface area (Å²) in [6, 6.07) is 10.5. The average Bonchev–Trinajstić information content (AvgIpc) is 3.38. The van der Waals surface area contributed by atoms with Crippen molar-refractivity contribution in [3.05, 3.63) is 35.9 Å². The maximum atomic E-state index is 12.0. The Kier molecular flexibility index (Phi) is 7.65. The number of tetrazole rings is 1. The molecule has 146 valence electrons. The Morgan fingerprint density at radius 1 is 1.33 bits per heavy atom. The van der Waals surface area contributed by atoms with E-state index in [0.29, 0.717) is 24.9 Å². The number of ether oxygens (including phenoxy) is 1. The predicted molar refractivity (Wildman–Crippen MR) is 104 cm³/mol. The molecule has 0 spiro atoms. The van der Waals surface area contributed by atoms with Crippen LogP contribution in [0, 0.1) is 0 Å². The van der Waals surface area contributed by atoms with Gasteiger partial charge in [0.2, 0.25) is 11.1 Å². The third kappa shape index (κ3) is 6.04. The highest BCUT2D eigenvalue weighted by Crippen LogP contribution is 2.31. The van der Waals surface area contributed by atoms with E-state index < -0.39 is 0 Å². The van der Waals surface area contributed by atoms with Crippen molar-refractivity contribution in [1.82, 2.24) is 25.5 Å². The van der Waals surface area contributed by atoms with Gasteiger partial charge in [-0.05, 0) is 42.2 Å². The number of nitrogens with zero attached hydrogens (tertiary/aromatic N) is 4. The van der Waals surface area contributed by atoms with Gasteiger partial charge in [-0.2, -0.15) is 0 Å². The van der Waals surface area contributed by atoms with Gasteiger partial charge in [-0.1, -0.05) is 54.9 Å². The molecule has 1 aromatic carbocycles. The highest BCUT2D eigenvalue weighted by molar-refractivity contribution is 7.99. The summed E-state index contributed by atoms with van der Waals surface area (Å²) in [5.41, 5.74) is 1.16. The SMILES string of the molecule is CC(OCCCNC(=O)CSc1nnnn1C1CCCC1)c1ccccc1. The van der Waals surface area contributed by atoms with Crippen molar-refractivity contribution in [2.75, 3.05) is 18.9 Å². The smallest absolute Gasteiger partial charge is 0.230 e. The number of aromatic nitrogens is 4. The molecular weight excluding hydrogens is 362 g/mol. The molecule has 0 radical (unpaired) electrons. The molecule has 1 unspecified atom stereocenters. The van der Waals surface area contributed by atoms with Gasteiger partial charge in [0.25, 0.3) is 0 Å². The van der Waals surface area contributed by atoms with Crippen LogP contribution in [0.25, 0.3) is 0 Å². The molecule has 0 saturated heterocycles. The summed E-state index contributed by atoms with van der Waals surface area (Å²) in [6.07, 6.45) is 5.53. The first-order chi connectivity index (χ1) is 13.2. The molecular formula is C19H27N5O2S. The van der Waals surface area contributed by atoms with Gasteiger partial charge < -0.3 is 10.1 Å². The highest BCUT2D eigenvalue weighted by Gasteiger charge is 2.22. The molecule has 8 heteroatoms. The summed E-state index contributed by atoms with van der Waals surface area (Å²) in [6.45, 7) is 3.26. The number of carbonyl (C=O) groups is 1.